The van der Waals surface area contributed by atoms with E-state index >= 15 is 0 Å². The Bertz CT molecular complexity index is 5110. The summed E-state index contributed by atoms with van der Waals surface area (Å²) < 4.78 is 14.3. The molecular formula is C62H31N5S3. The first kappa shape index (κ1) is 38.2. The summed E-state index contributed by atoms with van der Waals surface area (Å²) in [4.78, 5) is 4.51. The number of hydrogen-bond donors (Lipinski definition) is 0. The predicted octanol–water partition coefficient (Wildman–Crippen LogP) is 18.5. The zero-order chi connectivity index (χ0) is 45.9. The largest absolute Gasteiger partial charge is 0.317 e. The Hall–Kier alpha value is -8.76. The highest BCUT2D eigenvalue weighted by atomic mass is 32.1. The summed E-state index contributed by atoms with van der Waals surface area (Å²) >= 11 is 5.45. The van der Waals surface area contributed by atoms with Gasteiger partial charge in [-0.05, 0) is 60.7 Å². The van der Waals surface area contributed by atoms with Crippen LogP contribution in [-0.2, 0) is 0 Å². The molecule has 0 saturated carbocycles. The number of rotatable bonds is 3. The van der Waals surface area contributed by atoms with E-state index in [2.05, 4.69) is 213 Å². The molecule has 0 aliphatic carbocycles. The normalized spacial score (nSPS) is 12.3. The van der Waals surface area contributed by atoms with Gasteiger partial charge in [0, 0.05) is 92.8 Å². The summed E-state index contributed by atoms with van der Waals surface area (Å²) in [6, 6.07) is 70.1. The van der Waals surface area contributed by atoms with Crippen LogP contribution in [0.25, 0.3) is 148 Å². The van der Waals surface area contributed by atoms with Crippen molar-refractivity contribution in [2.75, 3.05) is 0 Å². The van der Waals surface area contributed by atoms with Crippen molar-refractivity contribution in [1.29, 1.82) is 5.26 Å². The molecule has 0 N–H and O–H groups in total. The van der Waals surface area contributed by atoms with E-state index in [-0.39, 0.29) is 0 Å². The van der Waals surface area contributed by atoms with Crippen molar-refractivity contribution in [3.8, 4) is 23.1 Å². The Kier molecular flexibility index (Phi) is 7.60. The van der Waals surface area contributed by atoms with Crippen LogP contribution in [0.5, 0.6) is 0 Å². The van der Waals surface area contributed by atoms with E-state index in [0.29, 0.717) is 22.6 Å². The third-order valence-electron chi connectivity index (χ3n) is 14.7. The van der Waals surface area contributed by atoms with Gasteiger partial charge in [0.2, 0.25) is 5.69 Å². The monoisotopic (exact) mass is 941 g/mol. The highest BCUT2D eigenvalue weighted by Crippen LogP contribution is 2.51. The minimum absolute atomic E-state index is 0.303. The number of para-hydroxylation sites is 3. The lowest BCUT2D eigenvalue weighted by Crippen LogP contribution is -2.08. The second-order valence-electron chi connectivity index (χ2n) is 18.1. The molecule has 0 spiro atoms. The SMILES string of the molecule is [C-]#[N+]c1c(C#N)c(-n2c3ccccc3c3c4sc5ccccc5c4ccc32)cc(-n2c3ccccc3c3c4sc5ccccc5c4ccc32)c1-n1c2ccccc2c2c3sc4ccccc4c3ccc21. The van der Waals surface area contributed by atoms with E-state index in [1.807, 2.05) is 34.0 Å². The topological polar surface area (TPSA) is 42.9 Å². The van der Waals surface area contributed by atoms with Crippen molar-refractivity contribution >= 4 is 166 Å². The van der Waals surface area contributed by atoms with Crippen LogP contribution in [0.3, 0.4) is 0 Å². The maximum absolute atomic E-state index is 11.7. The van der Waals surface area contributed by atoms with Crippen LogP contribution in [0.2, 0.25) is 0 Å². The molecule has 10 aromatic carbocycles. The Morgan fingerprint density at radius 3 is 1.14 bits per heavy atom. The van der Waals surface area contributed by atoms with E-state index in [1.165, 1.54) is 65.9 Å². The van der Waals surface area contributed by atoms with Crippen molar-refractivity contribution < 1.29 is 0 Å². The summed E-state index contributed by atoms with van der Waals surface area (Å²) in [5.41, 5.74) is 8.78. The maximum atomic E-state index is 11.7. The molecule has 0 aliphatic rings. The Balaban J connectivity index is 1.12. The molecule has 322 valence electrons. The average Bonchev–Trinajstić information content (AvgIpc) is 4.26. The van der Waals surface area contributed by atoms with Gasteiger partial charge in [-0.2, -0.15) is 5.26 Å². The summed E-state index contributed by atoms with van der Waals surface area (Å²) in [5.74, 6) is 0. The second kappa shape index (κ2) is 13.9. The van der Waals surface area contributed by atoms with Crippen molar-refractivity contribution in [2.24, 2.45) is 0 Å². The maximum Gasteiger partial charge on any atom is 0.232 e. The molecular weight excluding hydrogens is 911 g/mol. The molecule has 0 aliphatic heterocycles. The standard InChI is InChI=1S/C62H31N5S3/c1-64-58-43(33-63)50(65-44-20-8-2-17-40(44)55-47(65)29-26-37-34-14-5-11-23-52(34)68-60(37)55)32-51(66-45-21-9-3-18-41(45)56-48(66)30-27-38-35-15-6-12-24-53(35)69-61(38)56)59(58)67-46-22-10-4-19-42(46)57-49(67)31-28-39-36-16-7-13-25-54(36)70-62(39)57/h2-32H. The number of thiophene rings is 3. The highest BCUT2D eigenvalue weighted by molar-refractivity contribution is 7.27. The smallest absolute Gasteiger partial charge is 0.232 e. The van der Waals surface area contributed by atoms with Crippen LogP contribution in [0.15, 0.2) is 188 Å². The summed E-state index contributed by atoms with van der Waals surface area (Å²) in [6.07, 6.45) is 0. The number of nitriles is 1. The number of benzene rings is 10. The lowest BCUT2D eigenvalue weighted by Gasteiger charge is -2.22. The molecule has 6 aromatic heterocycles. The molecule has 0 amide bonds. The van der Waals surface area contributed by atoms with E-state index in [4.69, 9.17) is 0 Å². The molecule has 16 rings (SSSR count). The quantitative estimate of drug-likeness (QED) is 0.163. The van der Waals surface area contributed by atoms with Gasteiger partial charge in [0.05, 0.1) is 68.4 Å². The second-order valence-corrected chi connectivity index (χ2v) is 21.2. The zero-order valence-electron chi connectivity index (χ0n) is 36.9. The van der Waals surface area contributed by atoms with Gasteiger partial charge in [-0.15, -0.1) is 34.0 Å². The van der Waals surface area contributed by atoms with Gasteiger partial charge in [0.1, 0.15) is 0 Å². The number of aromatic nitrogens is 3. The fourth-order valence-electron chi connectivity index (χ4n) is 11.9. The van der Waals surface area contributed by atoms with Gasteiger partial charge in [0.25, 0.3) is 0 Å². The molecule has 0 fully saturated rings. The lowest BCUT2D eigenvalue weighted by molar-refractivity contribution is 1.08. The molecule has 0 radical (unpaired) electrons. The van der Waals surface area contributed by atoms with E-state index < -0.39 is 0 Å². The van der Waals surface area contributed by atoms with Gasteiger partial charge in [-0.1, -0.05) is 127 Å². The van der Waals surface area contributed by atoms with Crippen molar-refractivity contribution in [1.82, 2.24) is 13.7 Å². The zero-order valence-corrected chi connectivity index (χ0v) is 39.3. The number of fused-ring (bicyclic) bond motifs is 21. The predicted molar refractivity (Wildman–Crippen MR) is 299 cm³/mol. The minimum atomic E-state index is 0.303. The average molecular weight is 942 g/mol. The first-order valence-corrected chi connectivity index (χ1v) is 25.6. The summed E-state index contributed by atoms with van der Waals surface area (Å²) in [6.45, 7) is 9.33. The van der Waals surface area contributed by atoms with E-state index in [1.54, 1.807) is 0 Å². The van der Waals surface area contributed by atoms with E-state index in [0.717, 1.165) is 65.7 Å². The van der Waals surface area contributed by atoms with Gasteiger partial charge >= 0.3 is 0 Å². The third-order valence-corrected chi connectivity index (χ3v) is 18.3. The first-order chi connectivity index (χ1) is 34.7. The van der Waals surface area contributed by atoms with Crippen molar-refractivity contribution in [3.05, 3.63) is 205 Å². The summed E-state index contributed by atoms with van der Waals surface area (Å²) in [7, 11) is 0. The Labute approximate surface area is 410 Å². The van der Waals surface area contributed by atoms with Crippen LogP contribution in [0, 0.1) is 17.9 Å². The van der Waals surface area contributed by atoms with Crippen LogP contribution >= 0.6 is 34.0 Å². The van der Waals surface area contributed by atoms with Gasteiger partial charge in [-0.3, -0.25) is 0 Å². The summed E-state index contributed by atoms with van der Waals surface area (Å²) in [5, 5.41) is 25.9. The molecule has 16 aromatic rings. The highest BCUT2D eigenvalue weighted by Gasteiger charge is 2.30. The van der Waals surface area contributed by atoms with Crippen LogP contribution in [0.4, 0.5) is 5.69 Å². The minimum Gasteiger partial charge on any atom is -0.317 e. The number of hydrogen-bond acceptors (Lipinski definition) is 4. The van der Waals surface area contributed by atoms with E-state index in [9.17, 15) is 11.8 Å². The molecule has 0 bridgehead atoms. The molecule has 6 heterocycles. The number of nitrogens with zero attached hydrogens (tertiary/aromatic N) is 5. The van der Waals surface area contributed by atoms with Crippen molar-refractivity contribution in [3.63, 3.8) is 0 Å². The molecule has 8 heteroatoms. The fraction of sp³-hybridized carbons (Fsp3) is 0. The molecule has 70 heavy (non-hydrogen) atoms. The molecule has 5 nitrogen and oxygen atoms in total. The van der Waals surface area contributed by atoms with Gasteiger partial charge in [-0.25, -0.2) is 4.85 Å². The van der Waals surface area contributed by atoms with Crippen molar-refractivity contribution in [2.45, 2.75) is 0 Å². The fourth-order valence-corrected chi connectivity index (χ4v) is 15.7. The van der Waals surface area contributed by atoms with Crippen LogP contribution in [-0.4, -0.2) is 13.7 Å². The van der Waals surface area contributed by atoms with Crippen LogP contribution in [0.1, 0.15) is 5.56 Å². The molecule has 0 atom stereocenters. The third kappa shape index (κ3) is 4.82. The Morgan fingerprint density at radius 2 is 0.729 bits per heavy atom. The van der Waals surface area contributed by atoms with Crippen LogP contribution < -0.4 is 0 Å². The van der Waals surface area contributed by atoms with Gasteiger partial charge in [0.15, 0.2) is 0 Å². The lowest BCUT2D eigenvalue weighted by atomic mass is 10.1. The molecule has 0 saturated heterocycles. The Morgan fingerprint density at radius 1 is 0.371 bits per heavy atom. The molecule has 0 unspecified atom stereocenters. The first-order valence-electron chi connectivity index (χ1n) is 23.2. The van der Waals surface area contributed by atoms with Gasteiger partial charge < -0.3 is 13.7 Å².